The molecule has 3 aliphatic heterocycles. The van der Waals surface area contributed by atoms with Gasteiger partial charge < -0.3 is 29.4 Å². The van der Waals surface area contributed by atoms with E-state index in [0.717, 1.165) is 70.6 Å². The molecule has 3 N–H and O–H groups in total. The fourth-order valence-electron chi connectivity index (χ4n) is 8.52. The maximum absolute atomic E-state index is 12.1. The van der Waals surface area contributed by atoms with Gasteiger partial charge >= 0.3 is 19.5 Å². The fourth-order valence-corrected chi connectivity index (χ4v) is 9.73. The smallest absolute Gasteiger partial charge is 0.344 e. The average molecular weight is 971 g/mol. The topological polar surface area (TPSA) is 209 Å². The molecule has 0 radical (unpaired) electrons. The number of Topliss-reactive ketones (excluding diaryl/α,β-unsaturated/α-hetero) is 1. The average Bonchev–Trinajstić information content (AvgIpc) is 3.35. The van der Waals surface area contributed by atoms with Crippen molar-refractivity contribution in [2.75, 3.05) is 85.0 Å². The Morgan fingerprint density at radius 1 is 0.696 bits per heavy atom. The first-order valence-corrected chi connectivity index (χ1v) is 26.0. The predicted octanol–water partition coefficient (Wildman–Crippen LogP) is 7.40. The van der Waals surface area contributed by atoms with Gasteiger partial charge in [-0.2, -0.15) is 10.5 Å². The highest BCUT2D eigenvalue weighted by Crippen LogP contribution is 2.47. The molecule has 0 aliphatic carbocycles. The number of nitrogens with zero attached hydrogens (tertiary/aromatic N) is 5. The molecule has 0 spiro atoms. The van der Waals surface area contributed by atoms with Crippen LogP contribution >= 0.6 is 7.60 Å². The maximum Gasteiger partial charge on any atom is 0.344 e. The monoisotopic (exact) mass is 971 g/mol. The fraction of sp³-hybridized carbons (Fsp3) is 0.528. The Kier molecular flexibility index (Phi) is 28.3. The Morgan fingerprint density at radius 3 is 1.59 bits per heavy atom. The summed E-state index contributed by atoms with van der Waals surface area (Å²) in [5.41, 5.74) is 10.3. The molecule has 4 unspecified atom stereocenters. The van der Waals surface area contributed by atoms with Crippen molar-refractivity contribution in [2.24, 2.45) is 29.4 Å². The molecule has 6 rings (SSSR count). The second-order valence-electron chi connectivity index (χ2n) is 16.9. The molecule has 3 fully saturated rings. The zero-order chi connectivity index (χ0) is 50.3. The van der Waals surface area contributed by atoms with Crippen LogP contribution in [0.2, 0.25) is 0 Å². The second-order valence-corrected chi connectivity index (χ2v) is 19.0. The van der Waals surface area contributed by atoms with Crippen LogP contribution in [0, 0.1) is 46.3 Å². The second kappa shape index (κ2) is 33.5. The number of carbonyl (C=O) groups is 3. The van der Waals surface area contributed by atoms with Crippen LogP contribution in [0.15, 0.2) is 103 Å². The predicted molar refractivity (Wildman–Crippen MR) is 267 cm³/mol. The van der Waals surface area contributed by atoms with E-state index < -0.39 is 13.5 Å². The lowest BCUT2D eigenvalue weighted by Crippen LogP contribution is -2.44. The summed E-state index contributed by atoms with van der Waals surface area (Å²) in [7, 11) is -3.08. The first-order chi connectivity index (χ1) is 33.5. The molecule has 3 heterocycles. The minimum absolute atomic E-state index is 0.00256. The summed E-state index contributed by atoms with van der Waals surface area (Å²) in [5.74, 6) is -0.540. The number of nitrogens with two attached hydrogens (primary N) is 1. The highest BCUT2D eigenvalue weighted by molar-refractivity contribution is 7.54. The van der Waals surface area contributed by atoms with Crippen LogP contribution in [-0.4, -0.2) is 123 Å². The van der Waals surface area contributed by atoms with Crippen molar-refractivity contribution in [1.29, 1.82) is 10.5 Å². The Balaban J connectivity index is 0.000000249. The minimum atomic E-state index is -3.08. The summed E-state index contributed by atoms with van der Waals surface area (Å²) in [6.07, 6.45) is 4.70. The third kappa shape index (κ3) is 21.6. The van der Waals surface area contributed by atoms with Gasteiger partial charge in [-0.1, -0.05) is 91.0 Å². The summed E-state index contributed by atoms with van der Waals surface area (Å²) >= 11 is 0. The molecule has 0 bridgehead atoms. The van der Waals surface area contributed by atoms with Crippen LogP contribution in [0.25, 0.3) is 0 Å². The molecule has 16 heteroatoms. The van der Waals surface area contributed by atoms with Gasteiger partial charge in [0.15, 0.2) is 0 Å². The third-order valence-electron chi connectivity index (χ3n) is 11.9. The zero-order valence-electron chi connectivity index (χ0n) is 41.2. The van der Waals surface area contributed by atoms with E-state index in [2.05, 4.69) is 63.2 Å². The highest BCUT2D eigenvalue weighted by Gasteiger charge is 2.34. The number of carbonyl (C=O) groups excluding carboxylic acids is 3. The summed E-state index contributed by atoms with van der Waals surface area (Å²) in [4.78, 5) is 42.4. The molecular formula is C53H75N6O9P. The van der Waals surface area contributed by atoms with Crippen LogP contribution in [0.3, 0.4) is 0 Å². The number of benzene rings is 3. The van der Waals surface area contributed by atoms with Crippen molar-refractivity contribution in [3.05, 3.63) is 119 Å². The van der Waals surface area contributed by atoms with Crippen molar-refractivity contribution in [3.63, 3.8) is 0 Å². The van der Waals surface area contributed by atoms with Crippen LogP contribution in [0.1, 0.15) is 70.1 Å². The molecule has 376 valence electrons. The van der Waals surface area contributed by atoms with Gasteiger partial charge in [0, 0.05) is 71.5 Å². The van der Waals surface area contributed by atoms with Gasteiger partial charge in [0.1, 0.15) is 17.9 Å². The van der Waals surface area contributed by atoms with Gasteiger partial charge in [-0.15, -0.1) is 0 Å². The van der Waals surface area contributed by atoms with E-state index in [4.69, 9.17) is 34.8 Å². The Hall–Kier alpha value is -5.06. The summed E-state index contributed by atoms with van der Waals surface area (Å²) in [6.45, 7) is 16.6. The molecule has 69 heavy (non-hydrogen) atoms. The number of esters is 2. The molecule has 0 saturated carbocycles. The van der Waals surface area contributed by atoms with Crippen molar-refractivity contribution in [1.82, 2.24) is 14.7 Å². The highest BCUT2D eigenvalue weighted by atomic mass is 31.2. The molecule has 0 amide bonds. The van der Waals surface area contributed by atoms with Gasteiger partial charge in [-0.05, 0) is 94.1 Å². The lowest BCUT2D eigenvalue weighted by Gasteiger charge is -2.37. The van der Waals surface area contributed by atoms with Crippen LogP contribution in [-0.2, 0) is 57.1 Å². The molecule has 3 saturated heterocycles. The van der Waals surface area contributed by atoms with E-state index in [1.165, 1.54) is 22.8 Å². The normalized spacial score (nSPS) is 20.3. The number of piperidine rings is 3. The Bertz CT molecular complexity index is 2090. The quantitative estimate of drug-likeness (QED) is 0.0551. The summed E-state index contributed by atoms with van der Waals surface area (Å²) < 4.78 is 31.1. The zero-order valence-corrected chi connectivity index (χ0v) is 42.1. The van der Waals surface area contributed by atoms with Crippen molar-refractivity contribution >= 4 is 25.3 Å². The Morgan fingerprint density at radius 2 is 1.16 bits per heavy atom. The largest absolute Gasteiger partial charge is 0.465 e. The van der Waals surface area contributed by atoms with Crippen molar-refractivity contribution in [3.8, 4) is 12.1 Å². The lowest BCUT2D eigenvalue weighted by molar-refractivity contribution is -0.154. The van der Waals surface area contributed by atoms with Crippen molar-refractivity contribution in [2.45, 2.75) is 73.0 Å². The number of rotatable bonds is 18. The lowest BCUT2D eigenvalue weighted by atomic mass is 9.83. The van der Waals surface area contributed by atoms with Gasteiger partial charge in [-0.3, -0.25) is 33.6 Å². The number of aliphatic hydroxyl groups is 1. The van der Waals surface area contributed by atoms with E-state index >= 15 is 0 Å². The first kappa shape index (κ1) is 58.3. The third-order valence-corrected chi connectivity index (χ3v) is 13.7. The van der Waals surface area contributed by atoms with Gasteiger partial charge in [0.05, 0.1) is 44.5 Å². The first-order valence-electron chi connectivity index (χ1n) is 24.3. The number of hydrogen-bond donors (Lipinski definition) is 2. The number of hydrogen-bond acceptors (Lipinski definition) is 15. The van der Waals surface area contributed by atoms with E-state index in [1.807, 2.05) is 48.5 Å². The number of nitriles is 2. The van der Waals surface area contributed by atoms with Crippen LogP contribution in [0.5, 0.6) is 0 Å². The molecule has 0 aromatic heterocycles. The molecule has 3 aliphatic rings. The van der Waals surface area contributed by atoms with E-state index in [9.17, 15) is 24.1 Å². The van der Waals surface area contributed by atoms with E-state index in [0.29, 0.717) is 64.3 Å². The molecule has 3 aromatic rings. The molecule has 15 nitrogen and oxygen atoms in total. The number of aliphatic hydroxyl groups excluding tert-OH is 1. The standard InChI is InChI=1S/C17H20N2O2.C15H24N2O.C15H19NO3.C6H12NO3P/c1-2-21-17(20)16-13-19(11-9-15(16)8-10-18)12-14-6-4-3-5-7-14;16-8-6-14-7-9-17(11-15(14)12-18)10-13-4-2-1-3-5-13;1-2-19-15(18)13-11-16(9-8-14(13)17)10-12-6-4-3-5-7-12;1-3-9-11(8,6-5-7)10-4-2/h3-8,16H,2,9,11-13H2,1H3;1-5,14-15,18H,6-12,16H2;3-7,13H,2,8-11H2,1H3;3-4,6H2,1-2H3/b15-8+;;;. The van der Waals surface area contributed by atoms with E-state index in [-0.39, 0.29) is 36.4 Å². The summed E-state index contributed by atoms with van der Waals surface area (Å²) in [6, 6.07) is 34.6. The molecule has 3 aromatic carbocycles. The number of ether oxygens (including phenoxy) is 2. The Labute approximate surface area is 410 Å². The van der Waals surface area contributed by atoms with Gasteiger partial charge in [0.2, 0.25) is 0 Å². The number of ketones is 1. The molecule has 4 atom stereocenters. The summed E-state index contributed by atoms with van der Waals surface area (Å²) in [5, 5.41) is 26.6. The minimum Gasteiger partial charge on any atom is -0.465 e. The number of likely N-dealkylation sites (tertiary alicyclic amines) is 3. The number of allylic oxidation sites excluding steroid dienone is 1. The maximum atomic E-state index is 12.1. The van der Waals surface area contributed by atoms with Crippen LogP contribution in [0.4, 0.5) is 0 Å². The van der Waals surface area contributed by atoms with E-state index in [1.54, 1.807) is 33.8 Å². The molecular weight excluding hydrogens is 896 g/mol. The van der Waals surface area contributed by atoms with Crippen LogP contribution < -0.4 is 5.73 Å². The SMILES string of the molecule is CCOC(=O)C1CN(Cc2ccccc2)CC/C1=C\C#N.CCOC(=O)C1CN(Cc2ccccc2)CCC1=O.CCOP(=O)(CC#N)OCC.NCCC1CCN(Cc2ccccc2)CC1CO. The van der Waals surface area contributed by atoms with Gasteiger partial charge in [0.25, 0.3) is 0 Å². The van der Waals surface area contributed by atoms with Crippen molar-refractivity contribution < 1.29 is 42.6 Å². The van der Waals surface area contributed by atoms with Gasteiger partial charge in [-0.25, -0.2) is 0 Å².